The Balaban J connectivity index is 1.85. The number of nitrogens with zero attached hydrogens (tertiary/aromatic N) is 2. The molecule has 0 bridgehead atoms. The van der Waals surface area contributed by atoms with Crippen molar-refractivity contribution in [2.45, 2.75) is 44.8 Å². The average Bonchev–Trinajstić information content (AvgIpc) is 2.46. The van der Waals surface area contributed by atoms with Gasteiger partial charge in [0.15, 0.2) is 0 Å². The summed E-state index contributed by atoms with van der Waals surface area (Å²) in [4.78, 5) is 5.26. The molecule has 2 saturated heterocycles. The molecule has 0 spiro atoms. The monoisotopic (exact) mass is 337 g/mol. The van der Waals surface area contributed by atoms with Gasteiger partial charge in [0.05, 0.1) is 0 Å². The zero-order valence-electron chi connectivity index (χ0n) is 12.2. The maximum absolute atomic E-state index is 5.95. The van der Waals surface area contributed by atoms with Crippen LogP contribution in [-0.4, -0.2) is 36.6 Å². The summed E-state index contributed by atoms with van der Waals surface area (Å²) in [7, 11) is 0. The van der Waals surface area contributed by atoms with Gasteiger partial charge >= 0.3 is 0 Å². The molecule has 2 N–H and O–H groups in total. The Labute approximate surface area is 130 Å². The molecule has 3 nitrogen and oxygen atoms in total. The second kappa shape index (κ2) is 6.04. The van der Waals surface area contributed by atoms with Gasteiger partial charge in [-0.2, -0.15) is 0 Å². The van der Waals surface area contributed by atoms with Crippen LogP contribution in [0.2, 0.25) is 0 Å². The van der Waals surface area contributed by atoms with Crippen molar-refractivity contribution >= 4 is 21.6 Å². The number of benzene rings is 1. The highest BCUT2D eigenvalue weighted by Crippen LogP contribution is 2.31. The number of anilines is 1. The Bertz CT molecular complexity index is 477. The van der Waals surface area contributed by atoms with Crippen LogP contribution in [0.1, 0.15) is 31.7 Å². The molecule has 1 aromatic carbocycles. The van der Waals surface area contributed by atoms with E-state index in [0.29, 0.717) is 12.6 Å². The average molecular weight is 338 g/mol. The summed E-state index contributed by atoms with van der Waals surface area (Å²) in [6.07, 6.45) is 4.10. The SMILES string of the molecule is CC1CN2CCCCC2CN1c1ccc(Br)cc1CN. The van der Waals surface area contributed by atoms with Crippen LogP contribution in [0.15, 0.2) is 22.7 Å². The third kappa shape index (κ3) is 2.74. The quantitative estimate of drug-likeness (QED) is 0.900. The minimum Gasteiger partial charge on any atom is -0.366 e. The number of hydrogen-bond acceptors (Lipinski definition) is 3. The van der Waals surface area contributed by atoms with Gasteiger partial charge in [-0.3, -0.25) is 4.90 Å². The van der Waals surface area contributed by atoms with E-state index in [1.54, 1.807) is 0 Å². The Kier molecular flexibility index (Phi) is 4.34. The van der Waals surface area contributed by atoms with Crippen LogP contribution < -0.4 is 10.6 Å². The number of piperidine rings is 1. The van der Waals surface area contributed by atoms with Crippen molar-refractivity contribution in [2.75, 3.05) is 24.5 Å². The topological polar surface area (TPSA) is 32.5 Å². The summed E-state index contributed by atoms with van der Waals surface area (Å²) < 4.78 is 1.12. The van der Waals surface area contributed by atoms with Crippen molar-refractivity contribution in [3.8, 4) is 0 Å². The molecule has 110 valence electrons. The Hall–Kier alpha value is -0.580. The summed E-state index contributed by atoms with van der Waals surface area (Å²) >= 11 is 3.55. The van der Waals surface area contributed by atoms with Gasteiger partial charge in [0.1, 0.15) is 0 Å². The van der Waals surface area contributed by atoms with E-state index >= 15 is 0 Å². The fraction of sp³-hybridized carbons (Fsp3) is 0.625. The lowest BCUT2D eigenvalue weighted by Gasteiger charge is -2.49. The molecule has 20 heavy (non-hydrogen) atoms. The molecule has 2 aliphatic heterocycles. The van der Waals surface area contributed by atoms with Crippen molar-refractivity contribution < 1.29 is 0 Å². The van der Waals surface area contributed by atoms with E-state index in [1.807, 2.05) is 0 Å². The number of piperazine rings is 1. The Morgan fingerprint density at radius 1 is 1.30 bits per heavy atom. The van der Waals surface area contributed by atoms with Crippen molar-refractivity contribution in [1.29, 1.82) is 0 Å². The zero-order valence-corrected chi connectivity index (χ0v) is 13.8. The number of rotatable bonds is 2. The first kappa shape index (κ1) is 14.4. The van der Waals surface area contributed by atoms with E-state index in [0.717, 1.165) is 17.1 Å². The predicted octanol–water partition coefficient (Wildman–Crippen LogP) is 2.97. The minimum absolute atomic E-state index is 0.566. The molecule has 0 saturated carbocycles. The summed E-state index contributed by atoms with van der Waals surface area (Å²) in [6.45, 7) is 6.56. The standard InChI is InChI=1S/C16H24BrN3/c1-12-10-19-7-3-2-4-15(19)11-20(12)16-6-5-14(17)8-13(16)9-18/h5-6,8,12,15H,2-4,7,9-11,18H2,1H3. The van der Waals surface area contributed by atoms with Gasteiger partial charge in [0.2, 0.25) is 0 Å². The van der Waals surface area contributed by atoms with E-state index in [9.17, 15) is 0 Å². The van der Waals surface area contributed by atoms with E-state index in [1.165, 1.54) is 43.6 Å². The third-order valence-electron chi connectivity index (χ3n) is 4.76. The molecule has 0 aliphatic carbocycles. The molecule has 2 heterocycles. The minimum atomic E-state index is 0.566. The first-order valence-corrected chi connectivity index (χ1v) is 8.47. The molecular weight excluding hydrogens is 314 g/mol. The summed E-state index contributed by atoms with van der Waals surface area (Å²) in [5, 5.41) is 0. The molecule has 2 fully saturated rings. The van der Waals surface area contributed by atoms with Gasteiger partial charge in [-0.1, -0.05) is 22.4 Å². The second-order valence-corrected chi connectivity index (χ2v) is 7.04. The van der Waals surface area contributed by atoms with E-state index in [2.05, 4.69) is 50.9 Å². The van der Waals surface area contributed by atoms with Gasteiger partial charge in [0.25, 0.3) is 0 Å². The normalized spacial score (nSPS) is 27.4. The lowest BCUT2D eigenvalue weighted by Crippen LogP contribution is -2.59. The van der Waals surface area contributed by atoms with Crippen LogP contribution in [0.4, 0.5) is 5.69 Å². The highest BCUT2D eigenvalue weighted by molar-refractivity contribution is 9.10. The molecular formula is C16H24BrN3. The van der Waals surface area contributed by atoms with Crippen molar-refractivity contribution in [2.24, 2.45) is 5.73 Å². The Morgan fingerprint density at radius 2 is 2.15 bits per heavy atom. The van der Waals surface area contributed by atoms with Gasteiger partial charge in [-0.25, -0.2) is 0 Å². The maximum atomic E-state index is 5.95. The molecule has 2 atom stereocenters. The summed E-state index contributed by atoms with van der Waals surface area (Å²) in [5.41, 5.74) is 8.52. The van der Waals surface area contributed by atoms with Crippen molar-refractivity contribution in [3.63, 3.8) is 0 Å². The summed E-state index contributed by atoms with van der Waals surface area (Å²) in [6, 6.07) is 7.82. The maximum Gasteiger partial charge on any atom is 0.0415 e. The number of halogens is 1. The van der Waals surface area contributed by atoms with Crippen LogP contribution in [0.3, 0.4) is 0 Å². The van der Waals surface area contributed by atoms with E-state index < -0.39 is 0 Å². The molecule has 0 aromatic heterocycles. The molecule has 3 rings (SSSR count). The van der Waals surface area contributed by atoms with Crippen LogP contribution >= 0.6 is 15.9 Å². The van der Waals surface area contributed by atoms with Crippen LogP contribution in [0, 0.1) is 0 Å². The van der Waals surface area contributed by atoms with Crippen molar-refractivity contribution in [3.05, 3.63) is 28.2 Å². The van der Waals surface area contributed by atoms with Gasteiger partial charge in [-0.05, 0) is 50.1 Å². The van der Waals surface area contributed by atoms with Gasteiger partial charge in [0, 0.05) is 41.9 Å². The van der Waals surface area contributed by atoms with Crippen molar-refractivity contribution in [1.82, 2.24) is 4.90 Å². The molecule has 0 amide bonds. The predicted molar refractivity (Wildman–Crippen MR) is 88.1 cm³/mol. The lowest BCUT2D eigenvalue weighted by atomic mass is 9.96. The molecule has 1 aromatic rings. The first-order chi connectivity index (χ1) is 9.69. The second-order valence-electron chi connectivity index (χ2n) is 6.12. The number of fused-ring (bicyclic) bond motifs is 1. The molecule has 0 radical (unpaired) electrons. The highest BCUT2D eigenvalue weighted by atomic mass is 79.9. The smallest absolute Gasteiger partial charge is 0.0415 e. The van der Waals surface area contributed by atoms with Crippen LogP contribution in [0.25, 0.3) is 0 Å². The fourth-order valence-corrected chi connectivity index (χ4v) is 4.09. The zero-order chi connectivity index (χ0) is 14.1. The van der Waals surface area contributed by atoms with Gasteiger partial charge < -0.3 is 10.6 Å². The van der Waals surface area contributed by atoms with E-state index in [-0.39, 0.29) is 0 Å². The fourth-order valence-electron chi connectivity index (χ4n) is 3.69. The Morgan fingerprint density at radius 3 is 2.95 bits per heavy atom. The number of hydrogen-bond donors (Lipinski definition) is 1. The molecule has 2 unspecified atom stereocenters. The van der Waals surface area contributed by atoms with E-state index in [4.69, 9.17) is 5.73 Å². The molecule has 2 aliphatic rings. The van der Waals surface area contributed by atoms with Crippen LogP contribution in [0.5, 0.6) is 0 Å². The van der Waals surface area contributed by atoms with Gasteiger partial charge in [-0.15, -0.1) is 0 Å². The lowest BCUT2D eigenvalue weighted by molar-refractivity contribution is 0.115. The largest absolute Gasteiger partial charge is 0.366 e. The summed E-state index contributed by atoms with van der Waals surface area (Å²) in [5.74, 6) is 0. The molecule has 4 heteroatoms. The number of nitrogens with two attached hydrogens (primary N) is 1. The third-order valence-corrected chi connectivity index (χ3v) is 5.25. The van der Waals surface area contributed by atoms with Crippen LogP contribution in [-0.2, 0) is 6.54 Å². The highest BCUT2D eigenvalue weighted by Gasteiger charge is 2.33. The first-order valence-electron chi connectivity index (χ1n) is 7.68.